The lowest BCUT2D eigenvalue weighted by atomic mass is 10.1. The Kier molecular flexibility index (Phi) is 2.68. The molecule has 0 aromatic carbocycles. The van der Waals surface area contributed by atoms with Crippen LogP contribution >= 0.6 is 11.6 Å². The molecule has 0 spiro atoms. The predicted molar refractivity (Wildman–Crippen MR) is 53.8 cm³/mol. The Balaban J connectivity index is 2.43. The van der Waals surface area contributed by atoms with Crippen molar-refractivity contribution in [1.29, 1.82) is 0 Å². The molecule has 2 rings (SSSR count). The summed E-state index contributed by atoms with van der Waals surface area (Å²) < 4.78 is 0. The minimum absolute atomic E-state index is 0.447. The van der Waals surface area contributed by atoms with E-state index < -0.39 is 0 Å². The average Bonchev–Trinajstić information content (AvgIpc) is 2.68. The third-order valence-corrected chi connectivity index (χ3v) is 1.95. The summed E-state index contributed by atoms with van der Waals surface area (Å²) in [6, 6.07) is 0. The molecule has 0 amide bonds. The Morgan fingerprint density at radius 1 is 1.40 bits per heavy atom. The molecule has 0 aliphatic heterocycles. The highest BCUT2D eigenvalue weighted by Crippen LogP contribution is 2.18. The van der Waals surface area contributed by atoms with Gasteiger partial charge in [-0.15, -0.1) is 10.2 Å². The van der Waals surface area contributed by atoms with E-state index in [4.69, 9.17) is 11.6 Å². The maximum Gasteiger partial charge on any atom is 0.206 e. The van der Waals surface area contributed by atoms with E-state index in [1.807, 2.05) is 0 Å². The van der Waals surface area contributed by atoms with Crippen molar-refractivity contribution in [3.05, 3.63) is 35.6 Å². The summed E-state index contributed by atoms with van der Waals surface area (Å²) >= 11 is 5.71. The predicted octanol–water partition coefficient (Wildman–Crippen LogP) is 0.628. The van der Waals surface area contributed by atoms with Crippen LogP contribution in [0.3, 0.4) is 0 Å². The van der Waals surface area contributed by atoms with Gasteiger partial charge in [-0.25, -0.2) is 9.97 Å². The zero-order chi connectivity index (χ0) is 10.7. The molecule has 0 saturated carbocycles. The van der Waals surface area contributed by atoms with Crippen LogP contribution in [-0.2, 0) is 7.05 Å². The molecular formula is C8H7ClN6. The van der Waals surface area contributed by atoms with Gasteiger partial charge in [0.15, 0.2) is 0 Å². The fourth-order valence-corrected chi connectivity index (χ4v) is 1.29. The van der Waals surface area contributed by atoms with Crippen LogP contribution in [0.1, 0.15) is 11.4 Å². The number of aromatic nitrogens is 6. The molecule has 2 aromatic rings. The van der Waals surface area contributed by atoms with Gasteiger partial charge >= 0.3 is 0 Å². The third kappa shape index (κ3) is 1.99. The first-order valence-corrected chi connectivity index (χ1v) is 4.55. The normalized spacial score (nSPS) is 11.7. The van der Waals surface area contributed by atoms with Gasteiger partial charge in [0.25, 0.3) is 0 Å². The lowest BCUT2D eigenvalue weighted by molar-refractivity contribution is 0.629. The van der Waals surface area contributed by atoms with Gasteiger partial charge in [-0.05, 0) is 5.21 Å². The Bertz CT molecular complexity index is 477. The van der Waals surface area contributed by atoms with Gasteiger partial charge in [0.05, 0.1) is 7.05 Å². The molecule has 0 aliphatic carbocycles. The van der Waals surface area contributed by atoms with Gasteiger partial charge in [0, 0.05) is 29.1 Å². The van der Waals surface area contributed by atoms with E-state index in [9.17, 15) is 0 Å². The molecule has 0 N–H and O–H groups in total. The van der Waals surface area contributed by atoms with Crippen molar-refractivity contribution in [3.63, 3.8) is 0 Å². The summed E-state index contributed by atoms with van der Waals surface area (Å²) in [5, 5.41) is 11.6. The van der Waals surface area contributed by atoms with Crippen molar-refractivity contribution in [2.75, 3.05) is 0 Å². The van der Waals surface area contributed by atoms with Crippen molar-refractivity contribution in [2.45, 2.75) is 0 Å². The van der Waals surface area contributed by atoms with Crippen molar-refractivity contribution in [3.8, 4) is 0 Å². The minimum Gasteiger partial charge on any atom is -0.244 e. The number of tetrazole rings is 1. The summed E-state index contributed by atoms with van der Waals surface area (Å²) in [5.41, 5.74) is 2.78. The number of hydrogen-bond acceptors (Lipinski definition) is 5. The summed E-state index contributed by atoms with van der Waals surface area (Å²) in [6.45, 7) is 0. The van der Waals surface area contributed by atoms with Gasteiger partial charge < -0.3 is 0 Å². The molecule has 2 aromatic heterocycles. The molecule has 0 fully saturated rings. The lowest BCUT2D eigenvalue weighted by Crippen LogP contribution is -1.95. The van der Waals surface area contributed by atoms with Crippen molar-refractivity contribution >= 4 is 17.2 Å². The number of nitrogens with zero attached hydrogens (tertiary/aromatic N) is 6. The second-order valence-corrected chi connectivity index (χ2v) is 2.97. The molecule has 7 heteroatoms. The Labute approximate surface area is 90.6 Å². The summed E-state index contributed by atoms with van der Waals surface area (Å²) in [6.07, 6.45) is 4.72. The molecule has 76 valence electrons. The monoisotopic (exact) mass is 222 g/mol. The zero-order valence-electron chi connectivity index (χ0n) is 7.87. The first-order chi connectivity index (χ1) is 7.31. The first kappa shape index (κ1) is 9.72. The fraction of sp³-hybridized carbons (Fsp3) is 0.125. The maximum absolute atomic E-state index is 5.71. The fourth-order valence-electron chi connectivity index (χ4n) is 1.07. The summed E-state index contributed by atoms with van der Waals surface area (Å²) in [4.78, 5) is 9.15. The van der Waals surface area contributed by atoms with Gasteiger partial charge in [-0.3, -0.25) is 0 Å². The van der Waals surface area contributed by atoms with Crippen LogP contribution in [0.5, 0.6) is 0 Å². The first-order valence-electron chi connectivity index (χ1n) is 4.11. The minimum atomic E-state index is 0.447. The Morgan fingerprint density at radius 3 is 2.67 bits per heavy atom. The summed E-state index contributed by atoms with van der Waals surface area (Å²) in [5.74, 6) is 0.447. The molecule has 0 aliphatic rings. The van der Waals surface area contributed by atoms with Gasteiger partial charge in [0.2, 0.25) is 5.82 Å². The van der Waals surface area contributed by atoms with E-state index in [-0.39, 0.29) is 0 Å². The lowest BCUT2D eigenvalue weighted by Gasteiger charge is -1.98. The molecule has 15 heavy (non-hydrogen) atoms. The number of halogens is 1. The number of rotatable bonds is 2. The van der Waals surface area contributed by atoms with Crippen LogP contribution in [0.2, 0.25) is 0 Å². The topological polar surface area (TPSA) is 69.4 Å². The summed E-state index contributed by atoms with van der Waals surface area (Å²) in [7, 11) is 1.68. The van der Waals surface area contributed by atoms with E-state index in [0.29, 0.717) is 11.4 Å². The van der Waals surface area contributed by atoms with Gasteiger partial charge in [0.1, 0.15) is 6.33 Å². The molecular weight excluding hydrogens is 216 g/mol. The van der Waals surface area contributed by atoms with E-state index >= 15 is 0 Å². The average molecular weight is 223 g/mol. The van der Waals surface area contributed by atoms with E-state index in [2.05, 4.69) is 25.4 Å². The SMILES string of the molecule is Cn1nnc(C(=CCl)c2cncnc2)n1. The maximum atomic E-state index is 5.71. The molecule has 0 saturated heterocycles. The van der Waals surface area contributed by atoms with Crippen molar-refractivity contribution in [2.24, 2.45) is 7.05 Å². The third-order valence-electron chi connectivity index (χ3n) is 1.73. The number of hydrogen-bond donors (Lipinski definition) is 0. The van der Waals surface area contributed by atoms with Crippen molar-refractivity contribution < 1.29 is 0 Å². The molecule has 0 unspecified atom stereocenters. The molecule has 0 radical (unpaired) electrons. The van der Waals surface area contributed by atoms with Crippen LogP contribution in [-0.4, -0.2) is 30.2 Å². The standard InChI is InChI=1S/C8H7ClN6/c1-15-13-8(12-14-15)7(2-9)6-3-10-5-11-4-6/h2-5H,1H3. The highest BCUT2D eigenvalue weighted by atomic mass is 35.5. The van der Waals surface area contributed by atoms with E-state index in [1.54, 1.807) is 19.4 Å². The smallest absolute Gasteiger partial charge is 0.206 e. The molecule has 6 nitrogen and oxygen atoms in total. The molecule has 0 bridgehead atoms. The second kappa shape index (κ2) is 4.14. The number of aryl methyl sites for hydroxylation is 1. The van der Waals surface area contributed by atoms with Crippen LogP contribution in [0.25, 0.3) is 5.57 Å². The van der Waals surface area contributed by atoms with Gasteiger partial charge in [-0.1, -0.05) is 11.6 Å². The zero-order valence-corrected chi connectivity index (χ0v) is 8.63. The second-order valence-electron chi connectivity index (χ2n) is 2.75. The molecule has 0 atom stereocenters. The highest BCUT2D eigenvalue weighted by Gasteiger charge is 2.10. The highest BCUT2D eigenvalue weighted by molar-refractivity contribution is 6.28. The van der Waals surface area contributed by atoms with Crippen LogP contribution in [0.15, 0.2) is 24.3 Å². The van der Waals surface area contributed by atoms with Crippen LogP contribution in [0, 0.1) is 0 Å². The van der Waals surface area contributed by atoms with Crippen LogP contribution < -0.4 is 0 Å². The van der Waals surface area contributed by atoms with Gasteiger partial charge in [-0.2, -0.15) is 4.80 Å². The van der Waals surface area contributed by atoms with E-state index in [1.165, 1.54) is 16.7 Å². The Morgan fingerprint density at radius 2 is 2.13 bits per heavy atom. The van der Waals surface area contributed by atoms with E-state index in [0.717, 1.165) is 5.56 Å². The Hall–Kier alpha value is -1.82. The van der Waals surface area contributed by atoms with Crippen molar-refractivity contribution in [1.82, 2.24) is 30.2 Å². The quantitative estimate of drug-likeness (QED) is 0.745. The molecule has 2 heterocycles. The van der Waals surface area contributed by atoms with Crippen LogP contribution in [0.4, 0.5) is 0 Å². The largest absolute Gasteiger partial charge is 0.244 e.